The van der Waals surface area contributed by atoms with Gasteiger partial charge in [0, 0.05) is 11.3 Å². The zero-order valence-electron chi connectivity index (χ0n) is 14.8. The predicted molar refractivity (Wildman–Crippen MR) is 114 cm³/mol. The monoisotopic (exact) mass is 417 g/mol. The number of para-hydroxylation sites is 1. The molecule has 0 saturated carbocycles. The van der Waals surface area contributed by atoms with Crippen LogP contribution in [0.15, 0.2) is 62.5 Å². The first-order valence-electron chi connectivity index (χ1n) is 7.98. The number of hydrogen-bond acceptors (Lipinski definition) is 6. The van der Waals surface area contributed by atoms with Gasteiger partial charge in [0.25, 0.3) is 0 Å². The zero-order chi connectivity index (χ0) is 19.8. The van der Waals surface area contributed by atoms with Crippen molar-refractivity contribution >= 4 is 44.5 Å². The Morgan fingerprint density at radius 1 is 1.11 bits per heavy atom. The highest BCUT2D eigenvalue weighted by molar-refractivity contribution is 8.01. The van der Waals surface area contributed by atoms with Crippen LogP contribution in [0.4, 0.5) is 5.69 Å². The lowest BCUT2D eigenvalue weighted by Crippen LogP contribution is -2.09. The minimum atomic E-state index is -3.76. The Balaban J connectivity index is 2.18. The van der Waals surface area contributed by atoms with Gasteiger partial charge < -0.3 is 11.5 Å². The number of hydrogen-bond donors (Lipinski definition) is 3. The van der Waals surface area contributed by atoms with Gasteiger partial charge in [0.2, 0.25) is 9.84 Å². The van der Waals surface area contributed by atoms with Gasteiger partial charge in [0.15, 0.2) is 0 Å². The number of nitrogens with one attached hydrogen (secondary N) is 1. The van der Waals surface area contributed by atoms with Crippen LogP contribution in [-0.2, 0) is 9.84 Å². The number of nitrogen functional groups attached to an aromatic ring is 2. The van der Waals surface area contributed by atoms with Gasteiger partial charge in [-0.3, -0.25) is 5.41 Å². The molecule has 8 heteroatoms. The molecule has 0 saturated heterocycles. The molecule has 3 rings (SSSR count). The Labute approximate surface area is 166 Å². The second-order valence-electron chi connectivity index (χ2n) is 5.95. The van der Waals surface area contributed by atoms with Crippen LogP contribution in [0.5, 0.6) is 0 Å². The lowest BCUT2D eigenvalue weighted by molar-refractivity contribution is 0.595. The second-order valence-corrected chi connectivity index (χ2v) is 9.99. The highest BCUT2D eigenvalue weighted by atomic mass is 32.2. The fourth-order valence-corrected chi connectivity index (χ4v) is 6.63. The van der Waals surface area contributed by atoms with Crippen LogP contribution in [0, 0.1) is 12.3 Å². The molecule has 0 atom stereocenters. The average Bonchev–Trinajstić information content (AvgIpc) is 3.08. The third kappa shape index (κ3) is 3.60. The molecule has 140 valence electrons. The highest BCUT2D eigenvalue weighted by Gasteiger charge is 2.25. The lowest BCUT2D eigenvalue weighted by Gasteiger charge is -2.12. The van der Waals surface area contributed by atoms with E-state index in [4.69, 9.17) is 16.9 Å². The molecular formula is C19H19N3O2S3. The maximum atomic E-state index is 13.3. The Morgan fingerprint density at radius 3 is 2.44 bits per heavy atom. The number of nitrogens with two attached hydrogens (primary N) is 2. The summed E-state index contributed by atoms with van der Waals surface area (Å²) in [6.07, 6.45) is 1.81. The molecule has 27 heavy (non-hydrogen) atoms. The van der Waals surface area contributed by atoms with Crippen molar-refractivity contribution in [3.05, 3.63) is 59.0 Å². The van der Waals surface area contributed by atoms with E-state index in [-0.39, 0.29) is 15.6 Å². The molecule has 0 bridgehead atoms. The number of thiophene rings is 1. The molecule has 1 heterocycles. The van der Waals surface area contributed by atoms with Crippen LogP contribution in [0.25, 0.3) is 11.1 Å². The van der Waals surface area contributed by atoms with Crippen LogP contribution < -0.4 is 11.5 Å². The molecule has 3 aromatic rings. The molecule has 0 amide bonds. The smallest absolute Gasteiger partial charge is 0.208 e. The summed E-state index contributed by atoms with van der Waals surface area (Å²) < 4.78 is 27.2. The number of sulfone groups is 1. The van der Waals surface area contributed by atoms with E-state index < -0.39 is 9.84 Å². The number of benzene rings is 2. The Hall–Kier alpha value is -2.29. The first-order valence-corrected chi connectivity index (χ1v) is 11.5. The molecular weight excluding hydrogens is 398 g/mol. The molecule has 0 fully saturated rings. The summed E-state index contributed by atoms with van der Waals surface area (Å²) in [5.74, 6) is -0.140. The van der Waals surface area contributed by atoms with Gasteiger partial charge in [-0.2, -0.15) is 0 Å². The zero-order valence-corrected chi connectivity index (χ0v) is 17.3. The Bertz CT molecular complexity index is 1130. The van der Waals surface area contributed by atoms with Gasteiger partial charge in [0.05, 0.1) is 18.9 Å². The molecule has 1 aromatic heterocycles. The fraction of sp³-hybridized carbons (Fsp3) is 0.105. The summed E-state index contributed by atoms with van der Waals surface area (Å²) in [5, 5.41) is 7.60. The van der Waals surface area contributed by atoms with Crippen molar-refractivity contribution in [1.82, 2.24) is 0 Å². The number of aryl methyl sites for hydroxylation is 1. The molecule has 0 spiro atoms. The number of rotatable bonds is 5. The topological polar surface area (TPSA) is 110 Å². The van der Waals surface area contributed by atoms with Crippen molar-refractivity contribution in [3.8, 4) is 11.1 Å². The van der Waals surface area contributed by atoms with Gasteiger partial charge >= 0.3 is 0 Å². The maximum Gasteiger partial charge on any atom is 0.208 e. The van der Waals surface area contributed by atoms with Crippen molar-refractivity contribution in [2.45, 2.75) is 20.9 Å². The predicted octanol–water partition coefficient (Wildman–Crippen LogP) is 4.14. The van der Waals surface area contributed by atoms with E-state index in [2.05, 4.69) is 0 Å². The summed E-state index contributed by atoms with van der Waals surface area (Å²) in [6, 6.07) is 13.9. The third-order valence-corrected chi connectivity index (χ3v) is 8.51. The van der Waals surface area contributed by atoms with Crippen molar-refractivity contribution in [2.75, 3.05) is 12.0 Å². The summed E-state index contributed by atoms with van der Waals surface area (Å²) in [5.41, 5.74) is 14.7. The molecule has 5 N–H and O–H groups in total. The minimum absolute atomic E-state index is 0.140. The van der Waals surface area contributed by atoms with Crippen LogP contribution in [0.2, 0.25) is 0 Å². The molecule has 2 aromatic carbocycles. The summed E-state index contributed by atoms with van der Waals surface area (Å²) in [7, 11) is -3.76. The van der Waals surface area contributed by atoms with Gasteiger partial charge in [-0.15, -0.1) is 23.1 Å². The summed E-state index contributed by atoms with van der Waals surface area (Å²) >= 11 is 2.54. The Kier molecular flexibility index (Phi) is 5.32. The van der Waals surface area contributed by atoms with Crippen molar-refractivity contribution < 1.29 is 8.42 Å². The molecule has 5 nitrogen and oxygen atoms in total. The number of thioether (sulfide) groups is 1. The van der Waals surface area contributed by atoms with Crippen LogP contribution in [0.3, 0.4) is 0 Å². The van der Waals surface area contributed by atoms with E-state index >= 15 is 0 Å². The molecule has 0 aliphatic heterocycles. The summed E-state index contributed by atoms with van der Waals surface area (Å²) in [4.78, 5) is 0.813. The molecule has 0 aliphatic carbocycles. The first-order chi connectivity index (χ1) is 12.8. The van der Waals surface area contributed by atoms with Gasteiger partial charge in [0.1, 0.15) is 5.84 Å². The molecule has 0 radical (unpaired) electrons. The fourth-order valence-electron chi connectivity index (χ4n) is 2.75. The SMILES string of the molecule is CSc1sc(C(=N)N)cc1S(=O)(=O)c1ccc(C)c(-c2ccccc2N)c1. The van der Waals surface area contributed by atoms with E-state index in [1.165, 1.54) is 29.2 Å². The van der Waals surface area contributed by atoms with Crippen molar-refractivity contribution in [3.63, 3.8) is 0 Å². The minimum Gasteiger partial charge on any atom is -0.398 e. The standard InChI is InChI=1S/C19H19N3O2S3/c1-11-7-8-12(9-14(11)13-5-3-4-6-15(13)20)27(23,24)17-10-16(18(21)22)26-19(17)25-2/h3-10H,20H2,1-2H3,(H3,21,22). The van der Waals surface area contributed by atoms with E-state index in [0.717, 1.165) is 16.7 Å². The van der Waals surface area contributed by atoms with Crippen molar-refractivity contribution in [1.29, 1.82) is 5.41 Å². The number of amidine groups is 1. The molecule has 0 aliphatic rings. The molecule has 0 unspecified atom stereocenters. The van der Waals surface area contributed by atoms with Crippen molar-refractivity contribution in [2.24, 2.45) is 5.73 Å². The van der Waals surface area contributed by atoms with Crippen LogP contribution >= 0.6 is 23.1 Å². The van der Waals surface area contributed by atoms with E-state index in [1.54, 1.807) is 30.5 Å². The van der Waals surface area contributed by atoms with E-state index in [9.17, 15) is 8.42 Å². The summed E-state index contributed by atoms with van der Waals surface area (Å²) in [6.45, 7) is 1.92. The Morgan fingerprint density at radius 2 is 1.81 bits per heavy atom. The first kappa shape index (κ1) is 19.5. The van der Waals surface area contributed by atoms with Gasteiger partial charge in [-0.05, 0) is 48.6 Å². The van der Waals surface area contributed by atoms with Crippen LogP contribution in [-0.4, -0.2) is 20.5 Å². The lowest BCUT2D eigenvalue weighted by atomic mass is 9.99. The van der Waals surface area contributed by atoms with Crippen LogP contribution in [0.1, 0.15) is 10.4 Å². The second kappa shape index (κ2) is 7.38. The van der Waals surface area contributed by atoms with E-state index in [0.29, 0.717) is 14.8 Å². The van der Waals surface area contributed by atoms with Gasteiger partial charge in [-0.1, -0.05) is 24.3 Å². The average molecular weight is 418 g/mol. The third-order valence-electron chi connectivity index (χ3n) is 4.18. The normalized spacial score (nSPS) is 11.5. The van der Waals surface area contributed by atoms with Gasteiger partial charge in [-0.25, -0.2) is 8.42 Å². The maximum absolute atomic E-state index is 13.3. The highest BCUT2D eigenvalue weighted by Crippen LogP contribution is 2.38. The number of anilines is 1. The van der Waals surface area contributed by atoms with E-state index in [1.807, 2.05) is 25.1 Å². The largest absolute Gasteiger partial charge is 0.398 e. The quantitative estimate of drug-likeness (QED) is 0.250.